The molecule has 0 aliphatic carbocycles. The van der Waals surface area contributed by atoms with Crippen molar-refractivity contribution in [3.63, 3.8) is 0 Å². The number of ether oxygens (including phenoxy) is 1. The van der Waals surface area contributed by atoms with Gasteiger partial charge < -0.3 is 10.1 Å². The Kier molecular flexibility index (Phi) is 4.19. The first-order chi connectivity index (χ1) is 10.7. The largest absolute Gasteiger partial charge is 0.461 e. The molecule has 1 saturated heterocycles. The molecule has 118 valence electrons. The lowest BCUT2D eigenvalue weighted by molar-refractivity contribution is 0.0519. The minimum Gasteiger partial charge on any atom is -0.461 e. The van der Waals surface area contributed by atoms with Crippen molar-refractivity contribution >= 4 is 5.97 Å². The van der Waals surface area contributed by atoms with Gasteiger partial charge in [0.25, 0.3) is 0 Å². The molecule has 1 aliphatic rings. The fourth-order valence-electron chi connectivity index (χ4n) is 2.67. The van der Waals surface area contributed by atoms with Crippen molar-refractivity contribution in [3.8, 4) is 11.3 Å². The third-order valence-electron chi connectivity index (χ3n) is 3.72. The van der Waals surface area contributed by atoms with Crippen molar-refractivity contribution in [2.75, 3.05) is 19.7 Å². The lowest BCUT2D eigenvalue weighted by Gasteiger charge is -2.06. The summed E-state index contributed by atoms with van der Waals surface area (Å²) in [5.41, 5.74) is 1.57. The normalized spacial score (nSPS) is 17.8. The molecule has 0 saturated carbocycles. The minimum atomic E-state index is -0.437. The molecule has 2 aromatic heterocycles. The molecule has 8 heteroatoms. The van der Waals surface area contributed by atoms with Crippen LogP contribution in [0.15, 0.2) is 12.4 Å². The Bertz CT molecular complexity index is 656. The SMILES string of the molecule is CCOC(=O)c1nn(C)cc1-c1cn(CC2CCNC2)nn1. The van der Waals surface area contributed by atoms with Crippen LogP contribution in [0.2, 0.25) is 0 Å². The Balaban J connectivity index is 1.81. The fourth-order valence-corrected chi connectivity index (χ4v) is 2.67. The third kappa shape index (κ3) is 3.01. The molecule has 3 heterocycles. The molecular formula is C14H20N6O2. The maximum Gasteiger partial charge on any atom is 0.359 e. The van der Waals surface area contributed by atoms with Crippen LogP contribution in [0.1, 0.15) is 23.8 Å². The maximum atomic E-state index is 12.0. The van der Waals surface area contributed by atoms with Crippen molar-refractivity contribution < 1.29 is 9.53 Å². The monoisotopic (exact) mass is 304 g/mol. The lowest BCUT2D eigenvalue weighted by Crippen LogP contribution is -2.14. The smallest absolute Gasteiger partial charge is 0.359 e. The summed E-state index contributed by atoms with van der Waals surface area (Å²) in [4.78, 5) is 12.0. The molecule has 0 bridgehead atoms. The Labute approximate surface area is 128 Å². The number of aryl methyl sites for hydroxylation is 1. The van der Waals surface area contributed by atoms with Gasteiger partial charge in [0.2, 0.25) is 0 Å². The summed E-state index contributed by atoms with van der Waals surface area (Å²) in [6.07, 6.45) is 4.77. The summed E-state index contributed by atoms with van der Waals surface area (Å²) >= 11 is 0. The molecule has 0 amide bonds. The number of nitrogens with one attached hydrogen (secondary N) is 1. The Morgan fingerprint density at radius 1 is 1.50 bits per heavy atom. The summed E-state index contributed by atoms with van der Waals surface area (Å²) in [6.45, 7) is 4.98. The third-order valence-corrected chi connectivity index (χ3v) is 3.72. The van der Waals surface area contributed by atoms with E-state index < -0.39 is 5.97 Å². The number of nitrogens with zero attached hydrogens (tertiary/aromatic N) is 5. The molecule has 0 aromatic carbocycles. The van der Waals surface area contributed by atoms with Gasteiger partial charge in [0.1, 0.15) is 5.69 Å². The standard InChI is InChI=1S/C14H20N6O2/c1-3-22-14(21)13-11(8-19(2)17-13)12-9-20(18-16-12)7-10-4-5-15-6-10/h8-10,15H,3-7H2,1-2H3. The molecule has 2 aromatic rings. The van der Waals surface area contributed by atoms with Crippen LogP contribution in [0.5, 0.6) is 0 Å². The van der Waals surface area contributed by atoms with E-state index in [-0.39, 0.29) is 5.69 Å². The predicted molar refractivity (Wildman–Crippen MR) is 79.2 cm³/mol. The fraction of sp³-hybridized carbons (Fsp3) is 0.571. The molecule has 1 N–H and O–H groups in total. The van der Waals surface area contributed by atoms with Crippen molar-refractivity contribution in [1.29, 1.82) is 0 Å². The summed E-state index contributed by atoms with van der Waals surface area (Å²) in [5.74, 6) is 0.139. The summed E-state index contributed by atoms with van der Waals surface area (Å²) < 4.78 is 8.45. The Hall–Kier alpha value is -2.22. The van der Waals surface area contributed by atoms with E-state index in [1.165, 1.54) is 0 Å². The van der Waals surface area contributed by atoms with Gasteiger partial charge in [0, 0.05) is 19.8 Å². The van der Waals surface area contributed by atoms with Crippen molar-refractivity contribution in [3.05, 3.63) is 18.1 Å². The number of carbonyl (C=O) groups excluding carboxylic acids is 1. The van der Waals surface area contributed by atoms with Crippen LogP contribution in [0.4, 0.5) is 0 Å². The zero-order valence-electron chi connectivity index (χ0n) is 12.8. The average molecular weight is 304 g/mol. The molecular weight excluding hydrogens is 284 g/mol. The van der Waals surface area contributed by atoms with Gasteiger partial charge in [-0.05, 0) is 32.4 Å². The highest BCUT2D eigenvalue weighted by atomic mass is 16.5. The zero-order chi connectivity index (χ0) is 15.5. The van der Waals surface area contributed by atoms with Gasteiger partial charge >= 0.3 is 5.97 Å². The van der Waals surface area contributed by atoms with Crippen molar-refractivity contribution in [2.24, 2.45) is 13.0 Å². The van der Waals surface area contributed by atoms with E-state index in [9.17, 15) is 4.79 Å². The number of aromatic nitrogens is 5. The van der Waals surface area contributed by atoms with E-state index in [1.807, 2.05) is 10.9 Å². The van der Waals surface area contributed by atoms with E-state index in [0.717, 1.165) is 26.1 Å². The molecule has 0 spiro atoms. The van der Waals surface area contributed by atoms with E-state index >= 15 is 0 Å². The molecule has 1 aliphatic heterocycles. The number of carbonyl (C=O) groups is 1. The summed E-state index contributed by atoms with van der Waals surface area (Å²) in [5, 5.41) is 15.8. The second kappa shape index (κ2) is 6.27. The van der Waals surface area contributed by atoms with Gasteiger partial charge in [-0.2, -0.15) is 5.10 Å². The predicted octanol–water partition coefficient (Wildman–Crippen LogP) is 0.465. The van der Waals surface area contributed by atoms with Crippen LogP contribution in [-0.2, 0) is 18.3 Å². The zero-order valence-corrected chi connectivity index (χ0v) is 12.8. The molecule has 1 unspecified atom stereocenters. The van der Waals surface area contributed by atoms with E-state index in [2.05, 4.69) is 20.7 Å². The second-order valence-electron chi connectivity index (χ2n) is 5.47. The van der Waals surface area contributed by atoms with E-state index in [1.54, 1.807) is 24.9 Å². The number of rotatable bonds is 5. The summed E-state index contributed by atoms with van der Waals surface area (Å²) in [6, 6.07) is 0. The van der Waals surface area contributed by atoms with Crippen LogP contribution in [0.3, 0.4) is 0 Å². The van der Waals surface area contributed by atoms with Gasteiger partial charge in [-0.15, -0.1) is 5.10 Å². The highest BCUT2D eigenvalue weighted by Crippen LogP contribution is 2.21. The molecule has 1 fully saturated rings. The molecule has 1 atom stereocenters. The Morgan fingerprint density at radius 2 is 2.36 bits per heavy atom. The number of hydrogen-bond acceptors (Lipinski definition) is 6. The first-order valence-corrected chi connectivity index (χ1v) is 7.49. The van der Waals surface area contributed by atoms with Gasteiger partial charge in [-0.1, -0.05) is 5.21 Å². The van der Waals surface area contributed by atoms with Crippen LogP contribution in [0, 0.1) is 5.92 Å². The van der Waals surface area contributed by atoms with Gasteiger partial charge in [0.15, 0.2) is 5.69 Å². The van der Waals surface area contributed by atoms with Crippen LogP contribution in [-0.4, -0.2) is 50.4 Å². The molecule has 3 rings (SSSR count). The summed E-state index contributed by atoms with van der Waals surface area (Å²) in [7, 11) is 1.76. The number of esters is 1. The van der Waals surface area contributed by atoms with Crippen molar-refractivity contribution in [1.82, 2.24) is 30.1 Å². The maximum absolute atomic E-state index is 12.0. The second-order valence-corrected chi connectivity index (χ2v) is 5.47. The first kappa shape index (κ1) is 14.7. The van der Waals surface area contributed by atoms with E-state index in [0.29, 0.717) is 23.8 Å². The van der Waals surface area contributed by atoms with Crippen LogP contribution >= 0.6 is 0 Å². The molecule has 8 nitrogen and oxygen atoms in total. The topological polar surface area (TPSA) is 86.9 Å². The molecule has 22 heavy (non-hydrogen) atoms. The van der Waals surface area contributed by atoms with Gasteiger partial charge in [0.05, 0.1) is 18.4 Å². The van der Waals surface area contributed by atoms with Crippen LogP contribution < -0.4 is 5.32 Å². The first-order valence-electron chi connectivity index (χ1n) is 7.49. The van der Waals surface area contributed by atoms with Crippen molar-refractivity contribution in [2.45, 2.75) is 19.9 Å². The highest BCUT2D eigenvalue weighted by molar-refractivity contribution is 5.94. The van der Waals surface area contributed by atoms with Gasteiger partial charge in [-0.3, -0.25) is 9.36 Å². The quantitative estimate of drug-likeness (QED) is 0.808. The average Bonchev–Trinajstić information content (AvgIpc) is 3.20. The minimum absolute atomic E-state index is 0.277. The van der Waals surface area contributed by atoms with Gasteiger partial charge in [-0.25, -0.2) is 4.79 Å². The number of hydrogen-bond donors (Lipinski definition) is 1. The lowest BCUT2D eigenvalue weighted by atomic mass is 10.1. The molecule has 0 radical (unpaired) electrons. The van der Waals surface area contributed by atoms with E-state index in [4.69, 9.17) is 4.74 Å². The van der Waals surface area contributed by atoms with Crippen LogP contribution in [0.25, 0.3) is 11.3 Å². The highest BCUT2D eigenvalue weighted by Gasteiger charge is 2.21. The Morgan fingerprint density at radius 3 is 3.09 bits per heavy atom.